The summed E-state index contributed by atoms with van der Waals surface area (Å²) < 4.78 is 23.2. The van der Waals surface area contributed by atoms with Gasteiger partial charge in [-0.15, -0.1) is 0 Å². The van der Waals surface area contributed by atoms with E-state index in [4.69, 9.17) is 11.6 Å². The van der Waals surface area contributed by atoms with Crippen LogP contribution in [0.4, 0.5) is 5.82 Å². The number of halogens is 1. The number of anilines is 1. The first kappa shape index (κ1) is 20.3. The van der Waals surface area contributed by atoms with E-state index in [0.29, 0.717) is 23.7 Å². The summed E-state index contributed by atoms with van der Waals surface area (Å²) in [7, 11) is -3.19. The number of fused-ring (bicyclic) bond motifs is 1. The van der Waals surface area contributed by atoms with E-state index in [1.807, 2.05) is 48.5 Å². The third-order valence-electron chi connectivity index (χ3n) is 4.84. The Balaban J connectivity index is 1.61. The average Bonchev–Trinajstić information content (AvgIpc) is 2.73. The maximum atomic E-state index is 11.6. The van der Waals surface area contributed by atoms with Crippen molar-refractivity contribution in [3.8, 4) is 11.1 Å². The van der Waals surface area contributed by atoms with E-state index in [-0.39, 0.29) is 5.28 Å². The molecule has 0 atom stereocenters. The highest BCUT2D eigenvalue weighted by atomic mass is 35.5. The Labute approximate surface area is 180 Å². The van der Waals surface area contributed by atoms with Crippen LogP contribution in [0.1, 0.15) is 5.56 Å². The molecule has 5 nitrogen and oxygen atoms in total. The molecule has 0 saturated heterocycles. The fourth-order valence-corrected chi connectivity index (χ4v) is 4.18. The SMILES string of the molecule is CS(=O)(=O)c1ccc(CCNc2nc(Cl)nc3cccc(-c4ccccc4)c23)cc1. The van der Waals surface area contributed by atoms with E-state index in [9.17, 15) is 8.42 Å². The highest BCUT2D eigenvalue weighted by Crippen LogP contribution is 2.33. The van der Waals surface area contributed by atoms with Gasteiger partial charge in [-0.05, 0) is 52.9 Å². The third-order valence-corrected chi connectivity index (χ3v) is 6.14. The van der Waals surface area contributed by atoms with E-state index < -0.39 is 9.84 Å². The predicted molar refractivity (Wildman–Crippen MR) is 122 cm³/mol. The molecule has 3 aromatic carbocycles. The van der Waals surface area contributed by atoms with Gasteiger partial charge in [0.25, 0.3) is 0 Å². The molecule has 0 aliphatic heterocycles. The molecule has 1 aromatic heterocycles. The second-order valence-corrected chi connectivity index (χ2v) is 9.35. The third kappa shape index (κ3) is 4.45. The van der Waals surface area contributed by atoms with Gasteiger partial charge in [0, 0.05) is 12.8 Å². The quantitative estimate of drug-likeness (QED) is 0.429. The van der Waals surface area contributed by atoms with Gasteiger partial charge in [0.05, 0.1) is 15.8 Å². The Morgan fingerprint density at radius 2 is 1.63 bits per heavy atom. The largest absolute Gasteiger partial charge is 0.369 e. The number of hydrogen-bond donors (Lipinski definition) is 1. The standard InChI is InChI=1S/C23H20ClN3O2S/c1-30(28,29)18-12-10-16(11-13-18)14-15-25-22-21-19(17-6-3-2-4-7-17)8-5-9-20(21)26-23(24)27-22/h2-13H,14-15H2,1H3,(H,25,26,27). The molecule has 0 bridgehead atoms. The number of aromatic nitrogens is 2. The molecule has 1 N–H and O–H groups in total. The maximum absolute atomic E-state index is 11.6. The molecule has 7 heteroatoms. The Morgan fingerprint density at radius 3 is 2.33 bits per heavy atom. The van der Waals surface area contributed by atoms with Gasteiger partial charge >= 0.3 is 0 Å². The fraction of sp³-hybridized carbons (Fsp3) is 0.130. The summed E-state index contributed by atoms with van der Waals surface area (Å²) in [6, 6.07) is 22.9. The normalized spacial score (nSPS) is 11.5. The summed E-state index contributed by atoms with van der Waals surface area (Å²) in [6.45, 7) is 0.615. The lowest BCUT2D eigenvalue weighted by molar-refractivity contribution is 0.602. The van der Waals surface area contributed by atoms with Crippen LogP contribution in [0.2, 0.25) is 5.28 Å². The van der Waals surface area contributed by atoms with Crippen LogP contribution in [-0.2, 0) is 16.3 Å². The van der Waals surface area contributed by atoms with E-state index >= 15 is 0 Å². The summed E-state index contributed by atoms with van der Waals surface area (Å²) >= 11 is 6.16. The molecule has 0 aliphatic rings. The first-order valence-corrected chi connectivity index (χ1v) is 11.7. The molecule has 0 spiro atoms. The molecule has 0 aliphatic carbocycles. The molecule has 0 amide bonds. The Hall–Kier alpha value is -2.96. The first-order chi connectivity index (χ1) is 14.4. The minimum Gasteiger partial charge on any atom is -0.369 e. The van der Waals surface area contributed by atoms with E-state index in [0.717, 1.165) is 27.6 Å². The van der Waals surface area contributed by atoms with Crippen molar-refractivity contribution >= 4 is 38.2 Å². The Morgan fingerprint density at radius 1 is 0.900 bits per heavy atom. The lowest BCUT2D eigenvalue weighted by atomic mass is 10.0. The number of nitrogens with one attached hydrogen (secondary N) is 1. The molecular weight excluding hydrogens is 418 g/mol. The second-order valence-electron chi connectivity index (χ2n) is 7.00. The topological polar surface area (TPSA) is 72.0 Å². The molecule has 30 heavy (non-hydrogen) atoms. The van der Waals surface area contributed by atoms with Crippen molar-refractivity contribution in [3.05, 3.63) is 83.6 Å². The summed E-state index contributed by atoms with van der Waals surface area (Å²) in [5, 5.41) is 4.48. The van der Waals surface area contributed by atoms with Crippen molar-refractivity contribution in [2.45, 2.75) is 11.3 Å². The Kier molecular flexibility index (Phi) is 5.70. The minimum atomic E-state index is -3.19. The van der Waals surface area contributed by atoms with E-state index in [1.165, 1.54) is 6.26 Å². The molecule has 0 fully saturated rings. The number of nitrogens with zero attached hydrogens (tertiary/aromatic N) is 2. The van der Waals surface area contributed by atoms with Gasteiger partial charge in [-0.25, -0.2) is 18.4 Å². The van der Waals surface area contributed by atoms with Crippen LogP contribution in [0.5, 0.6) is 0 Å². The molecule has 0 unspecified atom stereocenters. The van der Waals surface area contributed by atoms with Crippen molar-refractivity contribution in [3.63, 3.8) is 0 Å². The van der Waals surface area contributed by atoms with Crippen LogP contribution in [0.25, 0.3) is 22.0 Å². The minimum absolute atomic E-state index is 0.188. The number of sulfone groups is 1. The smallest absolute Gasteiger partial charge is 0.224 e. The Bertz CT molecular complexity index is 1290. The summed E-state index contributed by atoms with van der Waals surface area (Å²) in [5.74, 6) is 0.678. The van der Waals surface area contributed by atoms with Gasteiger partial charge in [0.2, 0.25) is 5.28 Å². The number of rotatable bonds is 6. The lowest BCUT2D eigenvalue weighted by Crippen LogP contribution is -2.08. The molecule has 1 heterocycles. The highest BCUT2D eigenvalue weighted by Gasteiger charge is 2.12. The van der Waals surface area contributed by atoms with Crippen LogP contribution in [0.3, 0.4) is 0 Å². The van der Waals surface area contributed by atoms with Crippen molar-refractivity contribution in [1.29, 1.82) is 0 Å². The van der Waals surface area contributed by atoms with Gasteiger partial charge in [-0.1, -0.05) is 54.6 Å². The molecule has 0 radical (unpaired) electrons. The van der Waals surface area contributed by atoms with Gasteiger partial charge in [-0.2, -0.15) is 0 Å². The summed E-state index contributed by atoms with van der Waals surface area (Å²) in [6.07, 6.45) is 1.92. The second kappa shape index (κ2) is 8.42. The van der Waals surface area contributed by atoms with Crippen LogP contribution >= 0.6 is 11.6 Å². The molecule has 0 saturated carbocycles. The fourth-order valence-electron chi connectivity index (χ4n) is 3.37. The van der Waals surface area contributed by atoms with Gasteiger partial charge in [0.15, 0.2) is 9.84 Å². The summed E-state index contributed by atoms with van der Waals surface area (Å²) in [5.41, 5.74) is 3.91. The van der Waals surface area contributed by atoms with Crippen molar-refractivity contribution < 1.29 is 8.42 Å². The van der Waals surface area contributed by atoms with Crippen LogP contribution in [0.15, 0.2) is 77.7 Å². The van der Waals surface area contributed by atoms with Crippen LogP contribution in [0, 0.1) is 0 Å². The van der Waals surface area contributed by atoms with Crippen molar-refractivity contribution in [1.82, 2.24) is 9.97 Å². The maximum Gasteiger partial charge on any atom is 0.224 e. The van der Waals surface area contributed by atoms with Crippen molar-refractivity contribution in [2.75, 3.05) is 18.1 Å². The monoisotopic (exact) mass is 437 g/mol. The zero-order valence-corrected chi connectivity index (χ0v) is 17.9. The van der Waals surface area contributed by atoms with Gasteiger partial charge < -0.3 is 5.32 Å². The average molecular weight is 438 g/mol. The summed E-state index contributed by atoms with van der Waals surface area (Å²) in [4.78, 5) is 9.13. The molecule has 4 rings (SSSR count). The molecule has 4 aromatic rings. The number of benzene rings is 3. The lowest BCUT2D eigenvalue weighted by Gasteiger charge is -2.13. The molecule has 152 valence electrons. The van der Waals surface area contributed by atoms with Crippen LogP contribution in [-0.4, -0.2) is 31.2 Å². The van der Waals surface area contributed by atoms with Crippen molar-refractivity contribution in [2.24, 2.45) is 0 Å². The first-order valence-electron chi connectivity index (χ1n) is 9.46. The van der Waals surface area contributed by atoms with Crippen LogP contribution < -0.4 is 5.32 Å². The number of hydrogen-bond acceptors (Lipinski definition) is 5. The predicted octanol–water partition coefficient (Wildman–Crippen LogP) is 5.01. The van der Waals surface area contributed by atoms with Gasteiger partial charge in [0.1, 0.15) is 5.82 Å². The molecular formula is C23H20ClN3O2S. The zero-order chi connectivity index (χ0) is 21.1. The highest BCUT2D eigenvalue weighted by molar-refractivity contribution is 7.90. The van der Waals surface area contributed by atoms with Gasteiger partial charge in [-0.3, -0.25) is 0 Å². The zero-order valence-electron chi connectivity index (χ0n) is 16.3. The van der Waals surface area contributed by atoms with E-state index in [1.54, 1.807) is 12.1 Å². The van der Waals surface area contributed by atoms with E-state index in [2.05, 4.69) is 27.4 Å².